The molecular formula is C14H15F3N2S2. The standard InChI is InChI=1S/C14H15F3N2S2/c1-3-20-10-6-4-9(5-7-10)13-19-12(14(15,16)17)11(21-13)8-18-2/h4-7,18H,3,8H2,1-2H3. The number of hydrogen-bond acceptors (Lipinski definition) is 4. The third-order valence-corrected chi connectivity index (χ3v) is 4.71. The number of benzene rings is 1. The molecule has 21 heavy (non-hydrogen) atoms. The molecule has 2 aromatic rings. The van der Waals surface area contributed by atoms with Crippen molar-refractivity contribution in [3.05, 3.63) is 34.8 Å². The largest absolute Gasteiger partial charge is 0.434 e. The van der Waals surface area contributed by atoms with Gasteiger partial charge >= 0.3 is 6.18 Å². The summed E-state index contributed by atoms with van der Waals surface area (Å²) in [7, 11) is 1.62. The van der Waals surface area contributed by atoms with Crippen molar-refractivity contribution >= 4 is 23.1 Å². The van der Waals surface area contributed by atoms with Crippen molar-refractivity contribution in [3.8, 4) is 10.6 Å². The summed E-state index contributed by atoms with van der Waals surface area (Å²) in [6.07, 6.45) is -4.42. The highest BCUT2D eigenvalue weighted by molar-refractivity contribution is 7.99. The van der Waals surface area contributed by atoms with Crippen LogP contribution in [0.4, 0.5) is 13.2 Å². The van der Waals surface area contributed by atoms with Crippen molar-refractivity contribution in [1.29, 1.82) is 0 Å². The third kappa shape index (κ3) is 3.99. The Morgan fingerprint density at radius 1 is 1.24 bits per heavy atom. The quantitative estimate of drug-likeness (QED) is 0.806. The Morgan fingerprint density at radius 2 is 1.90 bits per heavy atom. The SMILES string of the molecule is CCSc1ccc(-c2nc(C(F)(F)F)c(CNC)s2)cc1. The minimum Gasteiger partial charge on any atom is -0.315 e. The molecule has 0 amide bonds. The van der Waals surface area contributed by atoms with E-state index in [0.29, 0.717) is 10.6 Å². The van der Waals surface area contributed by atoms with E-state index in [1.54, 1.807) is 18.8 Å². The molecular weight excluding hydrogens is 317 g/mol. The highest BCUT2D eigenvalue weighted by atomic mass is 32.2. The molecule has 0 aliphatic rings. The van der Waals surface area contributed by atoms with E-state index in [2.05, 4.69) is 17.2 Å². The van der Waals surface area contributed by atoms with Crippen LogP contribution < -0.4 is 5.32 Å². The first-order valence-electron chi connectivity index (χ1n) is 6.40. The molecule has 0 aliphatic heterocycles. The lowest BCUT2D eigenvalue weighted by Gasteiger charge is -2.04. The number of thioether (sulfide) groups is 1. The summed E-state index contributed by atoms with van der Waals surface area (Å²) < 4.78 is 38.9. The van der Waals surface area contributed by atoms with E-state index in [1.807, 2.05) is 24.3 Å². The van der Waals surface area contributed by atoms with Gasteiger partial charge in [-0.1, -0.05) is 19.1 Å². The van der Waals surface area contributed by atoms with Crippen LogP contribution in [0.2, 0.25) is 0 Å². The van der Waals surface area contributed by atoms with Crippen LogP contribution in [0.1, 0.15) is 17.5 Å². The molecule has 1 aromatic heterocycles. The Kier molecular flexibility index (Phi) is 5.29. The van der Waals surface area contributed by atoms with Gasteiger partial charge in [0.25, 0.3) is 0 Å². The van der Waals surface area contributed by atoms with E-state index in [0.717, 1.165) is 22.0 Å². The summed E-state index contributed by atoms with van der Waals surface area (Å²) in [4.78, 5) is 5.11. The van der Waals surface area contributed by atoms with Gasteiger partial charge in [-0.3, -0.25) is 0 Å². The van der Waals surface area contributed by atoms with Gasteiger partial charge in [0, 0.05) is 17.0 Å². The van der Waals surface area contributed by atoms with Crippen LogP contribution in [-0.2, 0) is 12.7 Å². The third-order valence-electron chi connectivity index (χ3n) is 2.72. The normalized spacial score (nSPS) is 11.9. The molecule has 0 fully saturated rings. The Balaban J connectivity index is 2.35. The molecule has 1 aromatic carbocycles. The monoisotopic (exact) mass is 332 g/mol. The minimum absolute atomic E-state index is 0.163. The highest BCUT2D eigenvalue weighted by Gasteiger charge is 2.37. The lowest BCUT2D eigenvalue weighted by atomic mass is 10.2. The van der Waals surface area contributed by atoms with Gasteiger partial charge < -0.3 is 5.32 Å². The summed E-state index contributed by atoms with van der Waals surface area (Å²) in [5, 5.41) is 3.16. The maximum atomic E-state index is 13.0. The Labute approximate surface area is 129 Å². The molecule has 0 bridgehead atoms. The van der Waals surface area contributed by atoms with Crippen LogP contribution in [0.5, 0.6) is 0 Å². The summed E-state index contributed by atoms with van der Waals surface area (Å²) in [5.74, 6) is 0.959. The number of rotatable bonds is 5. The van der Waals surface area contributed by atoms with Crippen LogP contribution in [0.3, 0.4) is 0 Å². The maximum absolute atomic E-state index is 13.0. The van der Waals surface area contributed by atoms with Gasteiger partial charge in [0.15, 0.2) is 5.69 Å². The van der Waals surface area contributed by atoms with Crippen LogP contribution in [0, 0.1) is 0 Å². The first-order chi connectivity index (χ1) is 9.95. The summed E-state index contributed by atoms with van der Waals surface area (Å²) in [6, 6.07) is 7.46. The van der Waals surface area contributed by atoms with Gasteiger partial charge in [-0.2, -0.15) is 13.2 Å². The topological polar surface area (TPSA) is 24.9 Å². The molecule has 0 saturated carbocycles. The Hall–Kier alpha value is -1.05. The smallest absolute Gasteiger partial charge is 0.315 e. The average Bonchev–Trinajstić information content (AvgIpc) is 2.84. The van der Waals surface area contributed by atoms with Gasteiger partial charge in [0.2, 0.25) is 0 Å². The molecule has 0 radical (unpaired) electrons. The van der Waals surface area contributed by atoms with E-state index in [4.69, 9.17) is 0 Å². The van der Waals surface area contributed by atoms with Gasteiger partial charge in [0.05, 0.1) is 4.88 Å². The fourth-order valence-corrected chi connectivity index (χ4v) is 3.60. The van der Waals surface area contributed by atoms with Gasteiger partial charge in [-0.25, -0.2) is 4.98 Å². The van der Waals surface area contributed by atoms with E-state index in [-0.39, 0.29) is 11.4 Å². The summed E-state index contributed by atoms with van der Waals surface area (Å²) in [6.45, 7) is 2.22. The van der Waals surface area contributed by atoms with Crippen LogP contribution in [0.25, 0.3) is 10.6 Å². The second-order valence-corrected chi connectivity index (χ2v) is 6.70. The molecule has 2 nitrogen and oxygen atoms in total. The summed E-state index contributed by atoms with van der Waals surface area (Å²) in [5.41, 5.74) is -0.0721. The minimum atomic E-state index is -4.42. The van der Waals surface area contributed by atoms with Crippen molar-refractivity contribution in [2.45, 2.75) is 24.5 Å². The first-order valence-corrected chi connectivity index (χ1v) is 8.20. The van der Waals surface area contributed by atoms with Crippen molar-refractivity contribution in [1.82, 2.24) is 10.3 Å². The number of halogens is 3. The fourth-order valence-electron chi connectivity index (χ4n) is 1.84. The lowest BCUT2D eigenvalue weighted by Crippen LogP contribution is -2.12. The molecule has 0 aliphatic carbocycles. The second kappa shape index (κ2) is 6.81. The van der Waals surface area contributed by atoms with Crippen LogP contribution in [-0.4, -0.2) is 17.8 Å². The highest BCUT2D eigenvalue weighted by Crippen LogP contribution is 2.37. The predicted octanol–water partition coefficient (Wildman–Crippen LogP) is 4.66. The van der Waals surface area contributed by atoms with Crippen molar-refractivity contribution in [2.75, 3.05) is 12.8 Å². The molecule has 0 saturated heterocycles. The zero-order valence-corrected chi connectivity index (χ0v) is 13.3. The van der Waals surface area contributed by atoms with E-state index < -0.39 is 11.9 Å². The van der Waals surface area contributed by atoms with E-state index in [1.165, 1.54) is 0 Å². The first kappa shape index (κ1) is 16.3. The number of aromatic nitrogens is 1. The Morgan fingerprint density at radius 3 is 2.43 bits per heavy atom. The number of thiazole rings is 1. The molecule has 0 unspecified atom stereocenters. The molecule has 0 atom stereocenters. The summed E-state index contributed by atoms with van der Waals surface area (Å²) >= 11 is 2.78. The zero-order chi connectivity index (χ0) is 15.5. The molecule has 114 valence electrons. The van der Waals surface area contributed by atoms with Gasteiger partial charge in [0.1, 0.15) is 5.01 Å². The molecule has 7 heteroatoms. The molecule has 2 rings (SSSR count). The van der Waals surface area contributed by atoms with E-state index in [9.17, 15) is 13.2 Å². The van der Waals surface area contributed by atoms with Crippen molar-refractivity contribution in [3.63, 3.8) is 0 Å². The fraction of sp³-hybridized carbons (Fsp3) is 0.357. The van der Waals surface area contributed by atoms with Crippen LogP contribution in [0.15, 0.2) is 29.2 Å². The predicted molar refractivity (Wildman–Crippen MR) is 81.7 cm³/mol. The second-order valence-electron chi connectivity index (χ2n) is 4.28. The van der Waals surface area contributed by atoms with E-state index >= 15 is 0 Å². The van der Waals surface area contributed by atoms with Crippen molar-refractivity contribution in [2.24, 2.45) is 0 Å². The van der Waals surface area contributed by atoms with Crippen molar-refractivity contribution < 1.29 is 13.2 Å². The van der Waals surface area contributed by atoms with Crippen LogP contribution >= 0.6 is 23.1 Å². The number of nitrogens with zero attached hydrogens (tertiary/aromatic N) is 1. The maximum Gasteiger partial charge on any atom is 0.434 e. The van der Waals surface area contributed by atoms with Gasteiger partial charge in [-0.05, 0) is 24.9 Å². The average molecular weight is 332 g/mol. The zero-order valence-electron chi connectivity index (χ0n) is 11.6. The number of nitrogens with one attached hydrogen (secondary N) is 1. The molecule has 0 spiro atoms. The number of alkyl halides is 3. The molecule has 1 N–H and O–H groups in total. The molecule has 1 heterocycles. The lowest BCUT2D eigenvalue weighted by molar-refractivity contribution is -0.141. The number of hydrogen-bond donors (Lipinski definition) is 1. The van der Waals surface area contributed by atoms with Gasteiger partial charge in [-0.15, -0.1) is 23.1 Å². The Bertz CT molecular complexity index is 591.